The molecule has 1 fully saturated rings. The predicted molar refractivity (Wildman–Crippen MR) is 113 cm³/mol. The number of anilines is 1. The van der Waals surface area contributed by atoms with Gasteiger partial charge in [0.2, 0.25) is 10.0 Å². The van der Waals surface area contributed by atoms with E-state index in [-0.39, 0.29) is 18.0 Å². The maximum Gasteiger partial charge on any atom is 0.309 e. The third kappa shape index (κ3) is 5.48. The second-order valence-corrected chi connectivity index (χ2v) is 9.19. The fourth-order valence-corrected chi connectivity index (χ4v) is 4.80. The smallest absolute Gasteiger partial charge is 0.309 e. The number of nitriles is 1. The maximum atomic E-state index is 12.7. The summed E-state index contributed by atoms with van der Waals surface area (Å²) in [7, 11) is -3.59. The molecule has 1 saturated heterocycles. The third-order valence-corrected chi connectivity index (χ3v) is 7.00. The molecule has 0 aromatic heterocycles. The van der Waals surface area contributed by atoms with Gasteiger partial charge in [0.15, 0.2) is 6.10 Å². The summed E-state index contributed by atoms with van der Waals surface area (Å²) in [6.45, 7) is 1.88. The van der Waals surface area contributed by atoms with E-state index in [1.807, 2.05) is 6.07 Å². The van der Waals surface area contributed by atoms with Crippen LogP contribution in [0.4, 0.5) is 5.69 Å². The van der Waals surface area contributed by atoms with Crippen LogP contribution in [0.3, 0.4) is 0 Å². The number of nitrogens with zero attached hydrogens (tertiary/aromatic N) is 2. The van der Waals surface area contributed by atoms with Gasteiger partial charge in [0.05, 0.1) is 22.4 Å². The summed E-state index contributed by atoms with van der Waals surface area (Å²) in [6, 6.07) is 16.6. The number of hydrogen-bond donors (Lipinski definition) is 1. The van der Waals surface area contributed by atoms with Crippen LogP contribution < -0.4 is 5.32 Å². The van der Waals surface area contributed by atoms with Gasteiger partial charge in [-0.25, -0.2) is 8.42 Å². The number of ether oxygens (including phenoxy) is 1. The van der Waals surface area contributed by atoms with Gasteiger partial charge in [-0.3, -0.25) is 9.59 Å². The molecule has 3 rings (SSSR count). The molecule has 9 heteroatoms. The Balaban J connectivity index is 1.52. The van der Waals surface area contributed by atoms with Gasteiger partial charge < -0.3 is 10.1 Å². The van der Waals surface area contributed by atoms with Crippen molar-refractivity contribution in [2.24, 2.45) is 5.92 Å². The Morgan fingerprint density at radius 2 is 1.81 bits per heavy atom. The van der Waals surface area contributed by atoms with Crippen molar-refractivity contribution in [2.45, 2.75) is 30.8 Å². The van der Waals surface area contributed by atoms with Gasteiger partial charge >= 0.3 is 5.97 Å². The van der Waals surface area contributed by atoms with Gasteiger partial charge in [0.25, 0.3) is 5.91 Å². The van der Waals surface area contributed by atoms with Gasteiger partial charge in [-0.15, -0.1) is 0 Å². The maximum absolute atomic E-state index is 12.7. The molecule has 1 aliphatic heterocycles. The minimum atomic E-state index is -3.59. The van der Waals surface area contributed by atoms with Crippen molar-refractivity contribution in [1.29, 1.82) is 5.26 Å². The Morgan fingerprint density at radius 1 is 1.13 bits per heavy atom. The van der Waals surface area contributed by atoms with Crippen LogP contribution in [0.5, 0.6) is 0 Å². The van der Waals surface area contributed by atoms with Gasteiger partial charge in [-0.2, -0.15) is 9.57 Å². The SMILES string of the molecule is C[C@H](OC(=O)C1CCN(S(=O)(=O)c2ccccc2)CC1)C(=O)Nc1cccc(C#N)c1. The predicted octanol–water partition coefficient (Wildman–Crippen LogP) is 2.53. The molecule has 0 radical (unpaired) electrons. The zero-order valence-electron chi connectivity index (χ0n) is 17.0. The number of carbonyl (C=O) groups is 2. The van der Waals surface area contributed by atoms with Crippen LogP contribution >= 0.6 is 0 Å². The van der Waals surface area contributed by atoms with Crippen LogP contribution in [-0.4, -0.2) is 43.8 Å². The highest BCUT2D eigenvalue weighted by Gasteiger charge is 2.33. The van der Waals surface area contributed by atoms with Crippen molar-refractivity contribution in [3.8, 4) is 6.07 Å². The van der Waals surface area contributed by atoms with Crippen LogP contribution in [0.1, 0.15) is 25.3 Å². The molecule has 0 bridgehead atoms. The lowest BCUT2D eigenvalue weighted by Gasteiger charge is -2.30. The number of piperidine rings is 1. The molecule has 1 amide bonds. The third-order valence-electron chi connectivity index (χ3n) is 5.09. The number of amides is 1. The molecular formula is C22H23N3O5S. The van der Waals surface area contributed by atoms with Gasteiger partial charge in [0.1, 0.15) is 0 Å². The van der Waals surface area contributed by atoms with E-state index in [9.17, 15) is 18.0 Å². The highest BCUT2D eigenvalue weighted by atomic mass is 32.2. The number of benzene rings is 2. The molecule has 162 valence electrons. The van der Waals surface area contributed by atoms with Gasteiger partial charge in [-0.05, 0) is 50.1 Å². The minimum Gasteiger partial charge on any atom is -0.452 e. The van der Waals surface area contributed by atoms with Crippen LogP contribution in [0.2, 0.25) is 0 Å². The molecule has 0 aliphatic carbocycles. The lowest BCUT2D eigenvalue weighted by molar-refractivity contribution is -0.158. The van der Waals surface area contributed by atoms with E-state index in [2.05, 4.69) is 5.32 Å². The van der Waals surface area contributed by atoms with Gasteiger partial charge in [-0.1, -0.05) is 24.3 Å². The summed E-state index contributed by atoms with van der Waals surface area (Å²) >= 11 is 0. The van der Waals surface area contributed by atoms with E-state index in [0.717, 1.165) is 0 Å². The number of rotatable bonds is 6. The average Bonchev–Trinajstić information content (AvgIpc) is 2.79. The molecule has 1 atom stereocenters. The molecule has 0 unspecified atom stereocenters. The Bertz CT molecular complexity index is 1090. The molecule has 0 spiro atoms. The molecule has 31 heavy (non-hydrogen) atoms. The van der Waals surface area contributed by atoms with E-state index in [4.69, 9.17) is 10.00 Å². The van der Waals surface area contributed by atoms with Crippen molar-refractivity contribution in [3.05, 3.63) is 60.2 Å². The number of carbonyl (C=O) groups excluding carboxylic acids is 2. The average molecular weight is 442 g/mol. The van der Waals surface area contributed by atoms with E-state index in [0.29, 0.717) is 24.1 Å². The molecule has 1 aliphatic rings. The molecule has 2 aromatic rings. The first-order valence-electron chi connectivity index (χ1n) is 9.88. The van der Waals surface area contributed by atoms with E-state index >= 15 is 0 Å². The van der Waals surface area contributed by atoms with E-state index in [1.165, 1.54) is 17.3 Å². The fourth-order valence-electron chi connectivity index (χ4n) is 3.31. The summed E-state index contributed by atoms with van der Waals surface area (Å²) in [6.07, 6.45) is -0.378. The highest BCUT2D eigenvalue weighted by Crippen LogP contribution is 2.25. The molecular weight excluding hydrogens is 418 g/mol. The summed E-state index contributed by atoms with van der Waals surface area (Å²) in [5.41, 5.74) is 0.839. The monoisotopic (exact) mass is 441 g/mol. The summed E-state index contributed by atoms with van der Waals surface area (Å²) < 4.78 is 32.0. The summed E-state index contributed by atoms with van der Waals surface area (Å²) in [5, 5.41) is 11.5. The number of hydrogen-bond acceptors (Lipinski definition) is 6. The van der Waals surface area contributed by atoms with Crippen molar-refractivity contribution in [1.82, 2.24) is 4.31 Å². The van der Waals surface area contributed by atoms with Crippen LogP contribution in [0.15, 0.2) is 59.5 Å². The Kier molecular flexibility index (Phi) is 7.05. The van der Waals surface area contributed by atoms with Crippen molar-refractivity contribution in [3.63, 3.8) is 0 Å². The standard InChI is InChI=1S/C22H23N3O5S/c1-16(21(26)24-19-7-5-6-17(14-19)15-23)30-22(27)18-10-12-25(13-11-18)31(28,29)20-8-3-2-4-9-20/h2-9,14,16,18H,10-13H2,1H3,(H,24,26)/t16-/m0/s1. The van der Waals surface area contributed by atoms with Crippen LogP contribution in [0, 0.1) is 17.2 Å². The Labute approximate surface area is 181 Å². The van der Waals surface area contributed by atoms with Crippen LogP contribution in [-0.2, 0) is 24.3 Å². The van der Waals surface area contributed by atoms with Crippen molar-refractivity contribution >= 4 is 27.6 Å². The molecule has 1 N–H and O–H groups in total. The zero-order valence-corrected chi connectivity index (χ0v) is 17.8. The van der Waals surface area contributed by atoms with Gasteiger partial charge in [0, 0.05) is 18.8 Å². The first kappa shape index (κ1) is 22.5. The number of sulfonamides is 1. The fraction of sp³-hybridized carbons (Fsp3) is 0.318. The zero-order chi connectivity index (χ0) is 22.4. The summed E-state index contributed by atoms with van der Waals surface area (Å²) in [5.74, 6) is -1.50. The first-order chi connectivity index (χ1) is 14.8. The van der Waals surface area contributed by atoms with Crippen molar-refractivity contribution in [2.75, 3.05) is 18.4 Å². The normalized spacial score (nSPS) is 16.1. The lowest BCUT2D eigenvalue weighted by atomic mass is 9.98. The first-order valence-corrected chi connectivity index (χ1v) is 11.3. The largest absolute Gasteiger partial charge is 0.452 e. The summed E-state index contributed by atoms with van der Waals surface area (Å²) in [4.78, 5) is 25.0. The van der Waals surface area contributed by atoms with Crippen molar-refractivity contribution < 1.29 is 22.7 Å². The number of esters is 1. The lowest BCUT2D eigenvalue weighted by Crippen LogP contribution is -2.41. The minimum absolute atomic E-state index is 0.207. The second-order valence-electron chi connectivity index (χ2n) is 7.25. The second kappa shape index (κ2) is 9.73. The molecule has 0 saturated carbocycles. The van der Waals surface area contributed by atoms with E-state index < -0.39 is 33.9 Å². The van der Waals surface area contributed by atoms with Crippen LogP contribution in [0.25, 0.3) is 0 Å². The molecule has 2 aromatic carbocycles. The Hall–Kier alpha value is -3.22. The topological polar surface area (TPSA) is 117 Å². The highest BCUT2D eigenvalue weighted by molar-refractivity contribution is 7.89. The molecule has 8 nitrogen and oxygen atoms in total. The Morgan fingerprint density at radius 3 is 2.45 bits per heavy atom. The quantitative estimate of drug-likeness (QED) is 0.689. The molecule has 1 heterocycles. The number of nitrogens with one attached hydrogen (secondary N) is 1. The van der Waals surface area contributed by atoms with E-state index in [1.54, 1.807) is 48.5 Å².